The summed E-state index contributed by atoms with van der Waals surface area (Å²) >= 11 is 4.35. The van der Waals surface area contributed by atoms with Crippen LogP contribution in [0.5, 0.6) is 0 Å². The van der Waals surface area contributed by atoms with Gasteiger partial charge in [-0.15, -0.1) is 11.3 Å². The number of halogens is 1. The van der Waals surface area contributed by atoms with E-state index >= 15 is 0 Å². The average molecular weight is 431 g/mol. The van der Waals surface area contributed by atoms with E-state index in [2.05, 4.69) is 35.1 Å². The third-order valence-electron chi connectivity index (χ3n) is 3.44. The Kier molecular flexibility index (Phi) is 6.19. The van der Waals surface area contributed by atoms with Crippen molar-refractivity contribution in [1.29, 1.82) is 0 Å². The number of amides is 1. The molecular weight excluding hydrogens is 412 g/mol. The summed E-state index contributed by atoms with van der Waals surface area (Å²) in [5, 5.41) is 2.72. The van der Waals surface area contributed by atoms with Crippen molar-refractivity contribution in [1.82, 2.24) is 4.31 Å². The van der Waals surface area contributed by atoms with Crippen LogP contribution in [-0.2, 0) is 14.8 Å². The standard InChI is InChI=1S/C16H19BrN2O3S2/c1-11(2)12-4-6-13(7-5-12)18-15(20)10-19(3)24(21,22)16-9-8-14(17)23-16/h4-9,11H,10H2,1-3H3,(H,18,20). The fraction of sp³-hybridized carbons (Fsp3) is 0.312. The molecule has 2 rings (SSSR count). The molecule has 0 aliphatic rings. The summed E-state index contributed by atoms with van der Waals surface area (Å²) < 4.78 is 26.7. The first-order chi connectivity index (χ1) is 11.2. The zero-order valence-corrected chi connectivity index (χ0v) is 16.8. The van der Waals surface area contributed by atoms with Gasteiger partial charge in [-0.2, -0.15) is 4.31 Å². The Morgan fingerprint density at radius 2 is 1.83 bits per heavy atom. The average Bonchev–Trinajstić information content (AvgIpc) is 2.95. The van der Waals surface area contributed by atoms with E-state index in [4.69, 9.17) is 0 Å². The van der Waals surface area contributed by atoms with Gasteiger partial charge < -0.3 is 5.32 Å². The van der Waals surface area contributed by atoms with E-state index < -0.39 is 10.0 Å². The minimum atomic E-state index is -3.66. The molecular formula is C16H19BrN2O3S2. The van der Waals surface area contributed by atoms with Crippen molar-refractivity contribution < 1.29 is 13.2 Å². The van der Waals surface area contributed by atoms with Crippen molar-refractivity contribution in [3.05, 3.63) is 45.7 Å². The minimum absolute atomic E-state index is 0.200. The predicted molar refractivity (Wildman–Crippen MR) is 101 cm³/mol. The number of sulfonamides is 1. The first kappa shape index (κ1) is 19.1. The molecule has 1 aromatic carbocycles. The van der Waals surface area contributed by atoms with E-state index in [1.807, 2.05) is 24.3 Å². The van der Waals surface area contributed by atoms with Crippen molar-refractivity contribution in [2.24, 2.45) is 0 Å². The number of nitrogens with zero attached hydrogens (tertiary/aromatic N) is 1. The van der Waals surface area contributed by atoms with Gasteiger partial charge in [-0.3, -0.25) is 4.79 Å². The second-order valence-electron chi connectivity index (χ2n) is 5.64. The minimum Gasteiger partial charge on any atom is -0.325 e. The van der Waals surface area contributed by atoms with Crippen molar-refractivity contribution in [3.8, 4) is 0 Å². The van der Waals surface area contributed by atoms with Crippen molar-refractivity contribution >= 4 is 48.9 Å². The highest BCUT2D eigenvalue weighted by atomic mass is 79.9. The van der Waals surface area contributed by atoms with Gasteiger partial charge in [0.25, 0.3) is 10.0 Å². The molecule has 0 saturated heterocycles. The third kappa shape index (κ3) is 4.66. The summed E-state index contributed by atoms with van der Waals surface area (Å²) in [6.07, 6.45) is 0. The van der Waals surface area contributed by atoms with Crippen LogP contribution in [0.2, 0.25) is 0 Å². The van der Waals surface area contributed by atoms with Crippen LogP contribution in [0, 0.1) is 0 Å². The number of anilines is 1. The molecule has 5 nitrogen and oxygen atoms in total. The Morgan fingerprint density at radius 3 is 2.33 bits per heavy atom. The lowest BCUT2D eigenvalue weighted by Crippen LogP contribution is -2.34. The van der Waals surface area contributed by atoms with Crippen LogP contribution >= 0.6 is 27.3 Å². The summed E-state index contributed by atoms with van der Waals surface area (Å²) in [5.41, 5.74) is 1.82. The molecule has 0 aliphatic heterocycles. The Balaban J connectivity index is 2.01. The van der Waals surface area contributed by atoms with Crippen LogP contribution in [0.4, 0.5) is 5.69 Å². The molecule has 130 valence electrons. The fourth-order valence-electron chi connectivity index (χ4n) is 2.03. The molecule has 0 bridgehead atoms. The Labute approximate surface area is 154 Å². The lowest BCUT2D eigenvalue weighted by Gasteiger charge is -2.16. The zero-order chi connectivity index (χ0) is 17.9. The molecule has 0 spiro atoms. The maximum Gasteiger partial charge on any atom is 0.252 e. The number of hydrogen-bond acceptors (Lipinski definition) is 4. The molecule has 0 fully saturated rings. The van der Waals surface area contributed by atoms with Crippen LogP contribution in [0.25, 0.3) is 0 Å². The number of hydrogen-bond donors (Lipinski definition) is 1. The molecule has 0 radical (unpaired) electrons. The number of rotatable bonds is 6. The number of benzene rings is 1. The van der Waals surface area contributed by atoms with Gasteiger partial charge in [0.05, 0.1) is 10.3 Å². The van der Waals surface area contributed by atoms with Crippen LogP contribution in [0.15, 0.2) is 44.4 Å². The van der Waals surface area contributed by atoms with Gasteiger partial charge in [0.2, 0.25) is 5.91 Å². The van der Waals surface area contributed by atoms with Crippen LogP contribution in [-0.4, -0.2) is 32.2 Å². The second-order valence-corrected chi connectivity index (χ2v) is 10.4. The first-order valence-corrected chi connectivity index (χ1v) is 10.4. The second kappa shape index (κ2) is 7.77. The van der Waals surface area contributed by atoms with Gasteiger partial charge >= 0.3 is 0 Å². The summed E-state index contributed by atoms with van der Waals surface area (Å²) in [4.78, 5) is 12.1. The third-order valence-corrected chi connectivity index (χ3v) is 7.33. The van der Waals surface area contributed by atoms with Gasteiger partial charge in [-0.1, -0.05) is 26.0 Å². The highest BCUT2D eigenvalue weighted by Gasteiger charge is 2.24. The van der Waals surface area contributed by atoms with E-state index in [0.717, 1.165) is 19.4 Å². The monoisotopic (exact) mass is 430 g/mol. The quantitative estimate of drug-likeness (QED) is 0.755. The Hall–Kier alpha value is -1.22. The fourth-order valence-corrected chi connectivity index (χ4v) is 5.38. The lowest BCUT2D eigenvalue weighted by molar-refractivity contribution is -0.116. The van der Waals surface area contributed by atoms with E-state index in [1.54, 1.807) is 6.07 Å². The molecule has 8 heteroatoms. The van der Waals surface area contributed by atoms with Crippen molar-refractivity contribution in [3.63, 3.8) is 0 Å². The molecule has 1 heterocycles. The molecule has 0 unspecified atom stereocenters. The number of carbonyl (C=O) groups excluding carboxylic acids is 1. The maximum absolute atomic E-state index is 12.4. The molecule has 2 aromatic rings. The summed E-state index contributed by atoms with van der Waals surface area (Å²) in [5.74, 6) is 0.0325. The van der Waals surface area contributed by atoms with Gasteiger partial charge in [-0.25, -0.2) is 8.42 Å². The number of thiophene rings is 1. The van der Waals surface area contributed by atoms with E-state index in [1.165, 1.54) is 18.7 Å². The SMILES string of the molecule is CC(C)c1ccc(NC(=O)CN(C)S(=O)(=O)c2ccc(Br)s2)cc1. The maximum atomic E-state index is 12.4. The van der Waals surface area contributed by atoms with Crippen LogP contribution in [0.1, 0.15) is 25.3 Å². The molecule has 0 aliphatic carbocycles. The van der Waals surface area contributed by atoms with E-state index in [-0.39, 0.29) is 16.7 Å². The summed E-state index contributed by atoms with van der Waals surface area (Å²) in [6.45, 7) is 3.94. The van der Waals surface area contributed by atoms with Gasteiger partial charge in [0, 0.05) is 12.7 Å². The van der Waals surface area contributed by atoms with Crippen molar-refractivity contribution in [2.75, 3.05) is 18.9 Å². The number of carbonyl (C=O) groups is 1. The Morgan fingerprint density at radius 1 is 1.21 bits per heavy atom. The molecule has 0 atom stereocenters. The largest absolute Gasteiger partial charge is 0.325 e. The number of nitrogens with one attached hydrogen (secondary N) is 1. The molecule has 1 N–H and O–H groups in total. The molecule has 24 heavy (non-hydrogen) atoms. The van der Waals surface area contributed by atoms with Gasteiger partial charge in [0.1, 0.15) is 4.21 Å². The van der Waals surface area contributed by atoms with E-state index in [9.17, 15) is 13.2 Å². The van der Waals surface area contributed by atoms with Crippen LogP contribution in [0.3, 0.4) is 0 Å². The van der Waals surface area contributed by atoms with E-state index in [0.29, 0.717) is 11.6 Å². The normalized spacial score (nSPS) is 11.9. The van der Waals surface area contributed by atoms with Gasteiger partial charge in [0.15, 0.2) is 0 Å². The summed E-state index contributed by atoms with van der Waals surface area (Å²) in [7, 11) is -2.27. The van der Waals surface area contributed by atoms with Crippen molar-refractivity contribution in [2.45, 2.75) is 24.0 Å². The smallest absolute Gasteiger partial charge is 0.252 e. The zero-order valence-electron chi connectivity index (χ0n) is 13.6. The number of likely N-dealkylation sites (N-methyl/N-ethyl adjacent to an activating group) is 1. The van der Waals surface area contributed by atoms with Gasteiger partial charge in [-0.05, 0) is 51.7 Å². The summed E-state index contributed by atoms with van der Waals surface area (Å²) in [6, 6.07) is 10.7. The lowest BCUT2D eigenvalue weighted by atomic mass is 10.0. The molecule has 1 amide bonds. The highest BCUT2D eigenvalue weighted by molar-refractivity contribution is 9.11. The highest BCUT2D eigenvalue weighted by Crippen LogP contribution is 2.27. The Bertz CT molecular complexity index is 814. The molecule has 1 aromatic heterocycles. The predicted octanol–water partition coefficient (Wildman–Crippen LogP) is 3.89. The topological polar surface area (TPSA) is 66.5 Å². The van der Waals surface area contributed by atoms with Crippen LogP contribution < -0.4 is 5.32 Å². The first-order valence-electron chi connectivity index (χ1n) is 7.31. The molecule has 0 saturated carbocycles.